The number of methoxy groups -OCH3 is 1. The quantitative estimate of drug-likeness (QED) is 0.273. The van der Waals surface area contributed by atoms with Gasteiger partial charge in [0.2, 0.25) is 5.89 Å². The highest BCUT2D eigenvalue weighted by Crippen LogP contribution is 2.32. The van der Waals surface area contributed by atoms with Crippen molar-refractivity contribution in [3.05, 3.63) is 59.9 Å². The molecule has 11 heteroatoms. The Morgan fingerprint density at radius 1 is 1.22 bits per heavy atom. The van der Waals surface area contributed by atoms with Crippen LogP contribution in [0.4, 0.5) is 5.13 Å². The van der Waals surface area contributed by atoms with Crippen molar-refractivity contribution < 1.29 is 22.4 Å². The topological polar surface area (TPSA) is 111 Å². The van der Waals surface area contributed by atoms with E-state index in [0.717, 1.165) is 9.97 Å². The van der Waals surface area contributed by atoms with E-state index in [1.54, 1.807) is 24.5 Å². The number of esters is 1. The normalized spacial score (nSPS) is 12.2. The molecule has 0 fully saturated rings. The summed E-state index contributed by atoms with van der Waals surface area (Å²) in [7, 11) is -2.51. The molecule has 3 aromatic rings. The van der Waals surface area contributed by atoms with Crippen LogP contribution in [-0.2, 0) is 30.7 Å². The Kier molecular flexibility index (Phi) is 7.42. The number of ether oxygens (including phenoxy) is 1. The molecule has 170 valence electrons. The van der Waals surface area contributed by atoms with Crippen molar-refractivity contribution in [3.63, 3.8) is 0 Å². The van der Waals surface area contributed by atoms with Gasteiger partial charge in [0.05, 0.1) is 34.4 Å². The number of thioether (sulfide) groups is 1. The first-order valence-corrected chi connectivity index (χ1v) is 12.8. The molecule has 0 amide bonds. The lowest BCUT2D eigenvalue weighted by Crippen LogP contribution is -2.12. The number of thiazole rings is 1. The number of nitrogens with zero attached hydrogens (tertiary/aromatic N) is 2. The molecule has 0 saturated heterocycles. The molecule has 0 aliphatic heterocycles. The summed E-state index contributed by atoms with van der Waals surface area (Å²) in [6, 6.07) is 6.11. The molecule has 2 aromatic heterocycles. The van der Waals surface area contributed by atoms with E-state index >= 15 is 0 Å². The maximum Gasteiger partial charge on any atom is 0.330 e. The van der Waals surface area contributed by atoms with Gasteiger partial charge in [-0.1, -0.05) is 44.2 Å². The number of hydrogen-bond acceptors (Lipinski definition) is 9. The van der Waals surface area contributed by atoms with E-state index in [1.165, 1.54) is 54.5 Å². The molecule has 1 N–H and O–H groups in total. The number of oxazole rings is 1. The van der Waals surface area contributed by atoms with Gasteiger partial charge in [-0.2, -0.15) is 0 Å². The van der Waals surface area contributed by atoms with Gasteiger partial charge in [-0.25, -0.2) is 23.2 Å². The number of carbonyl (C=O) groups is 1. The molecule has 0 unspecified atom stereocenters. The summed E-state index contributed by atoms with van der Waals surface area (Å²) < 4.78 is 38.9. The number of rotatable bonds is 8. The zero-order valence-corrected chi connectivity index (χ0v) is 20.4. The third-order valence-corrected chi connectivity index (χ3v) is 7.72. The predicted octanol–water partition coefficient (Wildman–Crippen LogP) is 4.71. The Morgan fingerprint density at radius 3 is 2.56 bits per heavy atom. The highest BCUT2D eigenvalue weighted by Gasteiger charge is 2.20. The van der Waals surface area contributed by atoms with Crippen LogP contribution in [0.25, 0.3) is 6.08 Å². The van der Waals surface area contributed by atoms with Crippen LogP contribution >= 0.6 is 23.1 Å². The van der Waals surface area contributed by atoms with E-state index in [0.29, 0.717) is 17.2 Å². The molecule has 2 heterocycles. The zero-order valence-electron chi connectivity index (χ0n) is 18.0. The minimum atomic E-state index is -3.79. The maximum atomic E-state index is 12.6. The molecule has 0 radical (unpaired) electrons. The molecule has 1 aromatic carbocycles. The van der Waals surface area contributed by atoms with Crippen molar-refractivity contribution in [3.8, 4) is 0 Å². The van der Waals surface area contributed by atoms with Crippen LogP contribution < -0.4 is 4.72 Å². The van der Waals surface area contributed by atoms with E-state index in [-0.39, 0.29) is 15.4 Å². The standard InChI is InChI=1S/C21H23N3O5S3/c1-21(2,3)16-11-22-17(29-16)13-30-19-12-23-20(31-19)24-32(26,27)15-8-5-14(6-9-15)7-10-18(25)28-4/h5-12H,13H2,1-4H3,(H,23,24). The summed E-state index contributed by atoms with van der Waals surface area (Å²) >= 11 is 2.70. The minimum absolute atomic E-state index is 0.0895. The first-order chi connectivity index (χ1) is 15.1. The largest absolute Gasteiger partial charge is 0.466 e. The fourth-order valence-electron chi connectivity index (χ4n) is 2.39. The fraction of sp³-hybridized carbons (Fsp3) is 0.286. The number of anilines is 1. The smallest absolute Gasteiger partial charge is 0.330 e. The van der Waals surface area contributed by atoms with Gasteiger partial charge < -0.3 is 9.15 Å². The number of nitrogens with one attached hydrogen (secondary N) is 1. The molecule has 0 aliphatic rings. The monoisotopic (exact) mass is 493 g/mol. The van der Waals surface area contributed by atoms with Gasteiger partial charge in [0.25, 0.3) is 10.0 Å². The maximum absolute atomic E-state index is 12.6. The van der Waals surface area contributed by atoms with Gasteiger partial charge in [0, 0.05) is 11.5 Å². The SMILES string of the molecule is COC(=O)C=Cc1ccc(S(=O)(=O)Nc2ncc(SCc3ncc(C(C)(C)C)o3)s2)cc1. The summed E-state index contributed by atoms with van der Waals surface area (Å²) in [5.41, 5.74) is 0.560. The number of sulfonamides is 1. The van der Waals surface area contributed by atoms with Crippen molar-refractivity contribution in [2.45, 2.75) is 41.0 Å². The lowest BCUT2D eigenvalue weighted by atomic mass is 9.94. The van der Waals surface area contributed by atoms with Gasteiger partial charge in [-0.15, -0.1) is 11.8 Å². The Bertz CT molecular complexity index is 1210. The molecule has 0 bridgehead atoms. The van der Waals surface area contributed by atoms with Crippen molar-refractivity contribution >= 4 is 50.3 Å². The molecular formula is C21H23N3O5S3. The summed E-state index contributed by atoms with van der Waals surface area (Å²) in [4.78, 5) is 19.7. The first-order valence-electron chi connectivity index (χ1n) is 9.49. The summed E-state index contributed by atoms with van der Waals surface area (Å²) in [5, 5.41) is 0.268. The molecule has 0 atom stereocenters. The van der Waals surface area contributed by atoms with Crippen molar-refractivity contribution in [1.82, 2.24) is 9.97 Å². The predicted molar refractivity (Wildman–Crippen MR) is 125 cm³/mol. The third kappa shape index (κ3) is 6.44. The van der Waals surface area contributed by atoms with Crippen LogP contribution in [0, 0.1) is 0 Å². The van der Waals surface area contributed by atoms with Crippen molar-refractivity contribution in [2.75, 3.05) is 11.8 Å². The zero-order chi connectivity index (χ0) is 23.4. The van der Waals surface area contributed by atoms with Gasteiger partial charge in [-0.3, -0.25) is 4.72 Å². The number of carbonyl (C=O) groups excluding carboxylic acids is 1. The number of aromatic nitrogens is 2. The minimum Gasteiger partial charge on any atom is -0.466 e. The second kappa shape index (κ2) is 9.88. The average Bonchev–Trinajstić information content (AvgIpc) is 3.39. The second-order valence-electron chi connectivity index (χ2n) is 7.67. The van der Waals surface area contributed by atoms with E-state index in [4.69, 9.17) is 4.42 Å². The highest BCUT2D eigenvalue weighted by atomic mass is 32.2. The molecule has 0 aliphatic carbocycles. The first kappa shape index (κ1) is 24.0. The van der Waals surface area contributed by atoms with E-state index < -0.39 is 16.0 Å². The Balaban J connectivity index is 1.61. The van der Waals surface area contributed by atoms with Gasteiger partial charge in [0.1, 0.15) is 5.76 Å². The second-order valence-corrected chi connectivity index (χ2v) is 11.7. The molecular weight excluding hydrogens is 470 g/mol. The van der Waals surface area contributed by atoms with Crippen molar-refractivity contribution in [1.29, 1.82) is 0 Å². The van der Waals surface area contributed by atoms with E-state index in [9.17, 15) is 13.2 Å². The average molecular weight is 494 g/mol. The Morgan fingerprint density at radius 2 is 1.94 bits per heavy atom. The van der Waals surface area contributed by atoms with Crippen LogP contribution in [0.3, 0.4) is 0 Å². The summed E-state index contributed by atoms with van der Waals surface area (Å²) in [5.74, 6) is 1.46. The molecule has 8 nitrogen and oxygen atoms in total. The molecule has 3 rings (SSSR count). The van der Waals surface area contributed by atoms with Crippen molar-refractivity contribution in [2.24, 2.45) is 0 Å². The third-order valence-electron chi connectivity index (χ3n) is 4.14. The van der Waals surface area contributed by atoms with Crippen LogP contribution in [0.1, 0.15) is 38.0 Å². The lowest BCUT2D eigenvalue weighted by molar-refractivity contribution is -0.134. The van der Waals surface area contributed by atoms with Crippen LogP contribution in [-0.4, -0.2) is 31.5 Å². The van der Waals surface area contributed by atoms with Crippen LogP contribution in [0.15, 0.2) is 56.3 Å². The van der Waals surface area contributed by atoms with Crippen LogP contribution in [0.5, 0.6) is 0 Å². The molecule has 0 spiro atoms. The van der Waals surface area contributed by atoms with Gasteiger partial charge in [0.15, 0.2) is 5.13 Å². The molecule has 32 heavy (non-hydrogen) atoms. The molecule has 0 saturated carbocycles. The summed E-state index contributed by atoms with van der Waals surface area (Å²) in [6.07, 6.45) is 6.15. The summed E-state index contributed by atoms with van der Waals surface area (Å²) in [6.45, 7) is 6.16. The van der Waals surface area contributed by atoms with E-state index in [1.807, 2.05) is 0 Å². The van der Waals surface area contributed by atoms with Crippen LogP contribution in [0.2, 0.25) is 0 Å². The Hall–Kier alpha value is -2.63. The van der Waals surface area contributed by atoms with Gasteiger partial charge >= 0.3 is 5.97 Å². The Labute approximate surface area is 195 Å². The van der Waals surface area contributed by atoms with E-state index in [2.05, 4.69) is 40.2 Å². The van der Waals surface area contributed by atoms with Gasteiger partial charge in [-0.05, 0) is 23.8 Å². The fourth-order valence-corrected chi connectivity index (χ4v) is 5.36. The number of hydrogen-bond donors (Lipinski definition) is 1. The number of benzene rings is 1. The highest BCUT2D eigenvalue weighted by molar-refractivity contribution is 8.00. The lowest BCUT2D eigenvalue weighted by Gasteiger charge is -2.12.